The highest BCUT2D eigenvalue weighted by molar-refractivity contribution is 5.93. The van der Waals surface area contributed by atoms with Crippen LogP contribution in [0.3, 0.4) is 0 Å². The maximum absolute atomic E-state index is 13.7. The fourth-order valence-electron chi connectivity index (χ4n) is 2.89. The van der Waals surface area contributed by atoms with Crippen LogP contribution < -0.4 is 0 Å². The van der Waals surface area contributed by atoms with Gasteiger partial charge in [-0.15, -0.1) is 0 Å². The SMILES string of the molecule is CC1C(C(=O)O)CCN1C(=O)c1coc(-c2c(F)cccc2F)n1. The Balaban J connectivity index is 1.86. The number of carboxylic acids is 1. The van der Waals surface area contributed by atoms with Gasteiger partial charge in [-0.25, -0.2) is 13.8 Å². The largest absolute Gasteiger partial charge is 0.481 e. The Morgan fingerprint density at radius 1 is 1.33 bits per heavy atom. The number of carboxylic acid groups (broad SMARTS) is 1. The number of aliphatic carboxylic acids is 1. The normalized spacial score (nSPS) is 20.4. The lowest BCUT2D eigenvalue weighted by atomic mass is 10.0. The van der Waals surface area contributed by atoms with E-state index in [1.807, 2.05) is 0 Å². The molecule has 1 N–H and O–H groups in total. The van der Waals surface area contributed by atoms with Crippen LogP contribution in [0.5, 0.6) is 0 Å². The molecule has 8 heteroatoms. The minimum atomic E-state index is -0.966. The summed E-state index contributed by atoms with van der Waals surface area (Å²) in [4.78, 5) is 28.8. The summed E-state index contributed by atoms with van der Waals surface area (Å²) in [6, 6.07) is 2.83. The summed E-state index contributed by atoms with van der Waals surface area (Å²) in [5.41, 5.74) is -0.569. The second kappa shape index (κ2) is 6.03. The number of hydrogen-bond donors (Lipinski definition) is 1. The van der Waals surface area contributed by atoms with Crippen LogP contribution in [0.4, 0.5) is 8.78 Å². The molecule has 2 atom stereocenters. The van der Waals surface area contributed by atoms with Crippen molar-refractivity contribution >= 4 is 11.9 Å². The lowest BCUT2D eigenvalue weighted by molar-refractivity contribution is -0.142. The van der Waals surface area contributed by atoms with Crippen LogP contribution in [0, 0.1) is 17.6 Å². The van der Waals surface area contributed by atoms with E-state index < -0.39 is 41.0 Å². The van der Waals surface area contributed by atoms with E-state index in [2.05, 4.69) is 4.98 Å². The van der Waals surface area contributed by atoms with Crippen LogP contribution >= 0.6 is 0 Å². The summed E-state index contributed by atoms with van der Waals surface area (Å²) >= 11 is 0. The van der Waals surface area contributed by atoms with Gasteiger partial charge in [-0.05, 0) is 25.5 Å². The van der Waals surface area contributed by atoms with Crippen molar-refractivity contribution in [3.8, 4) is 11.5 Å². The van der Waals surface area contributed by atoms with Crippen LogP contribution in [0.25, 0.3) is 11.5 Å². The van der Waals surface area contributed by atoms with Gasteiger partial charge in [0, 0.05) is 12.6 Å². The van der Waals surface area contributed by atoms with Crippen molar-refractivity contribution in [3.63, 3.8) is 0 Å². The Kier molecular flexibility index (Phi) is 4.04. The zero-order valence-corrected chi connectivity index (χ0v) is 12.7. The number of benzene rings is 1. The number of carbonyl (C=O) groups is 2. The third-order valence-electron chi connectivity index (χ3n) is 4.23. The summed E-state index contributed by atoms with van der Waals surface area (Å²) in [6.45, 7) is 1.91. The first-order valence-electron chi connectivity index (χ1n) is 7.34. The van der Waals surface area contributed by atoms with Gasteiger partial charge in [-0.3, -0.25) is 9.59 Å². The third kappa shape index (κ3) is 2.64. The maximum Gasteiger partial charge on any atom is 0.308 e. The summed E-state index contributed by atoms with van der Waals surface area (Å²) in [7, 11) is 0. The first-order chi connectivity index (χ1) is 11.4. The zero-order chi connectivity index (χ0) is 17.4. The lowest BCUT2D eigenvalue weighted by Gasteiger charge is -2.22. The zero-order valence-electron chi connectivity index (χ0n) is 12.7. The van der Waals surface area contributed by atoms with E-state index in [1.165, 1.54) is 11.0 Å². The van der Waals surface area contributed by atoms with Crippen LogP contribution in [0.2, 0.25) is 0 Å². The van der Waals surface area contributed by atoms with Gasteiger partial charge in [0.25, 0.3) is 5.91 Å². The second-order valence-corrected chi connectivity index (χ2v) is 5.61. The standard InChI is InChI=1S/C16H14F2N2O4/c1-8-9(16(22)23)5-6-20(8)15(21)12-7-24-14(19-12)13-10(17)3-2-4-11(13)18/h2-4,7-9H,5-6H2,1H3,(H,22,23). The van der Waals surface area contributed by atoms with Gasteiger partial charge in [-0.2, -0.15) is 0 Å². The van der Waals surface area contributed by atoms with Crippen molar-refractivity contribution < 1.29 is 27.9 Å². The Hall–Kier alpha value is -2.77. The number of rotatable bonds is 3. The molecule has 1 aliphatic heterocycles. The molecule has 3 rings (SSSR count). The van der Waals surface area contributed by atoms with Crippen molar-refractivity contribution in [3.05, 3.63) is 41.8 Å². The molecule has 24 heavy (non-hydrogen) atoms. The molecule has 2 heterocycles. The van der Waals surface area contributed by atoms with Gasteiger partial charge in [0.1, 0.15) is 23.5 Å². The number of likely N-dealkylation sites (tertiary alicyclic amines) is 1. The Morgan fingerprint density at radius 3 is 2.58 bits per heavy atom. The molecule has 0 radical (unpaired) electrons. The van der Waals surface area contributed by atoms with Crippen LogP contribution in [0.1, 0.15) is 23.8 Å². The molecule has 126 valence electrons. The number of nitrogens with zero attached hydrogens (tertiary/aromatic N) is 2. The van der Waals surface area contributed by atoms with E-state index in [-0.39, 0.29) is 18.1 Å². The molecule has 1 aromatic heterocycles. The number of aromatic nitrogens is 1. The monoisotopic (exact) mass is 336 g/mol. The van der Waals surface area contributed by atoms with Crippen LogP contribution in [0.15, 0.2) is 28.9 Å². The molecule has 1 fully saturated rings. The third-order valence-corrected chi connectivity index (χ3v) is 4.23. The molecule has 0 saturated carbocycles. The van der Waals surface area contributed by atoms with Gasteiger partial charge in [0.15, 0.2) is 5.69 Å². The van der Waals surface area contributed by atoms with Crippen molar-refractivity contribution in [2.45, 2.75) is 19.4 Å². The smallest absolute Gasteiger partial charge is 0.308 e. The van der Waals surface area contributed by atoms with E-state index in [9.17, 15) is 18.4 Å². The minimum absolute atomic E-state index is 0.120. The molecule has 2 unspecified atom stereocenters. The second-order valence-electron chi connectivity index (χ2n) is 5.61. The summed E-state index contributed by atoms with van der Waals surface area (Å²) in [5, 5.41) is 9.11. The number of amides is 1. The Bertz CT molecular complexity index is 785. The average molecular weight is 336 g/mol. The first-order valence-corrected chi connectivity index (χ1v) is 7.34. The van der Waals surface area contributed by atoms with Gasteiger partial charge >= 0.3 is 5.97 Å². The molecular formula is C16H14F2N2O4. The van der Waals surface area contributed by atoms with Crippen molar-refractivity contribution in [1.82, 2.24) is 9.88 Å². The summed E-state index contributed by atoms with van der Waals surface area (Å²) in [5.74, 6) is -4.18. The number of oxazole rings is 1. The van der Waals surface area contributed by atoms with E-state index in [0.29, 0.717) is 6.42 Å². The Labute approximate surface area is 135 Å². The lowest BCUT2D eigenvalue weighted by Crippen LogP contribution is -2.37. The van der Waals surface area contributed by atoms with Gasteiger partial charge in [0.05, 0.1) is 5.92 Å². The quantitative estimate of drug-likeness (QED) is 0.931. The minimum Gasteiger partial charge on any atom is -0.481 e. The van der Waals surface area contributed by atoms with Gasteiger partial charge in [-0.1, -0.05) is 6.07 Å². The molecule has 1 amide bonds. The highest BCUT2D eigenvalue weighted by Crippen LogP contribution is 2.28. The predicted octanol–water partition coefficient (Wildman–Crippen LogP) is 2.56. The van der Waals surface area contributed by atoms with Crippen molar-refractivity contribution in [1.29, 1.82) is 0 Å². The van der Waals surface area contributed by atoms with E-state index in [4.69, 9.17) is 9.52 Å². The fourth-order valence-corrected chi connectivity index (χ4v) is 2.89. The van der Waals surface area contributed by atoms with Crippen LogP contribution in [-0.2, 0) is 4.79 Å². The number of hydrogen-bond acceptors (Lipinski definition) is 4. The molecule has 1 aromatic carbocycles. The van der Waals surface area contributed by atoms with E-state index in [0.717, 1.165) is 18.4 Å². The average Bonchev–Trinajstić information content (AvgIpc) is 3.13. The highest BCUT2D eigenvalue weighted by Gasteiger charge is 2.39. The molecule has 0 bridgehead atoms. The molecule has 1 aliphatic rings. The van der Waals surface area contributed by atoms with Crippen molar-refractivity contribution in [2.75, 3.05) is 6.54 Å². The van der Waals surface area contributed by atoms with Crippen LogP contribution in [-0.4, -0.2) is 39.5 Å². The number of carbonyl (C=O) groups excluding carboxylic acids is 1. The molecular weight excluding hydrogens is 322 g/mol. The predicted molar refractivity (Wildman–Crippen MR) is 78.1 cm³/mol. The van der Waals surface area contributed by atoms with Gasteiger partial charge < -0.3 is 14.4 Å². The van der Waals surface area contributed by atoms with E-state index in [1.54, 1.807) is 6.92 Å². The fraction of sp³-hybridized carbons (Fsp3) is 0.312. The molecule has 1 saturated heterocycles. The molecule has 2 aromatic rings. The topological polar surface area (TPSA) is 83.6 Å². The van der Waals surface area contributed by atoms with Crippen molar-refractivity contribution in [2.24, 2.45) is 5.92 Å². The summed E-state index contributed by atoms with van der Waals surface area (Å²) in [6.07, 6.45) is 1.36. The highest BCUT2D eigenvalue weighted by atomic mass is 19.1. The first kappa shape index (κ1) is 16.1. The number of halogens is 2. The van der Waals surface area contributed by atoms with Gasteiger partial charge in [0.2, 0.25) is 5.89 Å². The summed E-state index contributed by atoms with van der Waals surface area (Å²) < 4.78 is 32.5. The molecule has 0 aliphatic carbocycles. The Morgan fingerprint density at radius 2 is 2.00 bits per heavy atom. The molecule has 6 nitrogen and oxygen atoms in total. The maximum atomic E-state index is 13.7. The van der Waals surface area contributed by atoms with E-state index >= 15 is 0 Å². The molecule has 0 spiro atoms.